The van der Waals surface area contributed by atoms with Crippen molar-refractivity contribution in [3.05, 3.63) is 54.2 Å². The minimum Gasteiger partial charge on any atom is -0.456 e. The highest BCUT2D eigenvalue weighted by Crippen LogP contribution is 2.25. The standard InChI is InChI=1S/C18H17NO2/c1-18(2,3)21-17(20)14-7-5-4-6-12-11-16-13(8-9-19-16)10-15(12)14/h4-11H,1-3H3. The van der Waals surface area contributed by atoms with Gasteiger partial charge >= 0.3 is 5.97 Å². The van der Waals surface area contributed by atoms with Gasteiger partial charge in [-0.2, -0.15) is 0 Å². The predicted octanol–water partition coefficient (Wildman–Crippen LogP) is 4.34. The molecule has 0 saturated heterocycles. The lowest BCUT2D eigenvalue weighted by atomic mass is 10.1. The molecule has 0 aliphatic heterocycles. The normalized spacial score (nSPS) is 11.8. The number of carbonyl (C=O) groups excluding carboxylic acids is 1. The van der Waals surface area contributed by atoms with Crippen molar-refractivity contribution >= 4 is 27.6 Å². The first kappa shape index (κ1) is 13.6. The Morgan fingerprint density at radius 1 is 1.05 bits per heavy atom. The zero-order valence-electron chi connectivity index (χ0n) is 12.4. The lowest BCUT2D eigenvalue weighted by molar-refractivity contribution is 0.00719. The largest absolute Gasteiger partial charge is 0.456 e. The lowest BCUT2D eigenvalue weighted by Gasteiger charge is -2.19. The minimum absolute atomic E-state index is 0.303. The van der Waals surface area contributed by atoms with Crippen LogP contribution in [0.25, 0.3) is 21.7 Å². The van der Waals surface area contributed by atoms with E-state index >= 15 is 0 Å². The van der Waals surface area contributed by atoms with Crippen LogP contribution in [0.5, 0.6) is 0 Å². The maximum absolute atomic E-state index is 12.4. The van der Waals surface area contributed by atoms with Crippen molar-refractivity contribution in [2.75, 3.05) is 0 Å². The molecular formula is C18H17NO2. The highest BCUT2D eigenvalue weighted by atomic mass is 16.6. The molecule has 2 aromatic carbocycles. The van der Waals surface area contributed by atoms with Crippen molar-refractivity contribution in [2.45, 2.75) is 26.4 Å². The summed E-state index contributed by atoms with van der Waals surface area (Å²) in [5, 5.41) is 2.89. The number of benzene rings is 1. The van der Waals surface area contributed by atoms with Gasteiger partial charge < -0.3 is 4.74 Å². The Kier molecular flexibility index (Phi) is 3.13. The van der Waals surface area contributed by atoms with Crippen LogP contribution in [0.15, 0.2) is 48.7 Å². The van der Waals surface area contributed by atoms with Gasteiger partial charge in [0.1, 0.15) is 5.60 Å². The number of nitrogens with zero attached hydrogens (tertiary/aromatic N) is 1. The molecule has 0 atom stereocenters. The molecule has 1 aromatic heterocycles. The highest BCUT2D eigenvalue weighted by molar-refractivity contribution is 6.08. The molecule has 3 nitrogen and oxygen atoms in total. The van der Waals surface area contributed by atoms with Crippen LogP contribution in [-0.2, 0) is 4.74 Å². The first-order valence-electron chi connectivity index (χ1n) is 6.95. The van der Waals surface area contributed by atoms with Crippen LogP contribution in [0.1, 0.15) is 31.1 Å². The van der Waals surface area contributed by atoms with Gasteiger partial charge in [-0.1, -0.05) is 18.2 Å². The van der Waals surface area contributed by atoms with E-state index in [1.807, 2.05) is 57.2 Å². The molecule has 106 valence electrons. The molecule has 0 fully saturated rings. The minimum atomic E-state index is -0.510. The third kappa shape index (κ3) is 2.72. The molecule has 0 amide bonds. The van der Waals surface area contributed by atoms with E-state index in [4.69, 9.17) is 4.74 Å². The van der Waals surface area contributed by atoms with Crippen molar-refractivity contribution in [3.63, 3.8) is 0 Å². The molecule has 3 heteroatoms. The van der Waals surface area contributed by atoms with Crippen LogP contribution in [0.4, 0.5) is 0 Å². The highest BCUT2D eigenvalue weighted by Gasteiger charge is 2.19. The lowest BCUT2D eigenvalue weighted by Crippen LogP contribution is -2.23. The number of fused-ring (bicyclic) bond motifs is 2. The number of aromatic nitrogens is 1. The third-order valence-electron chi connectivity index (χ3n) is 3.23. The van der Waals surface area contributed by atoms with Gasteiger partial charge in [-0.3, -0.25) is 4.98 Å². The molecule has 0 aliphatic carbocycles. The van der Waals surface area contributed by atoms with Gasteiger partial charge in [0.25, 0.3) is 0 Å². The fourth-order valence-corrected chi connectivity index (χ4v) is 2.35. The summed E-state index contributed by atoms with van der Waals surface area (Å²) in [5.74, 6) is -0.303. The molecular weight excluding hydrogens is 262 g/mol. The summed E-state index contributed by atoms with van der Waals surface area (Å²) in [6.45, 7) is 5.61. The molecule has 0 aliphatic rings. The number of esters is 1. The number of hydrogen-bond donors (Lipinski definition) is 0. The maximum Gasteiger partial charge on any atom is 0.339 e. The summed E-state index contributed by atoms with van der Waals surface area (Å²) in [7, 11) is 0. The van der Waals surface area contributed by atoms with Crippen LogP contribution < -0.4 is 0 Å². The topological polar surface area (TPSA) is 39.2 Å². The average Bonchev–Trinajstić information content (AvgIpc) is 2.72. The smallest absolute Gasteiger partial charge is 0.339 e. The molecule has 0 N–H and O–H groups in total. The zero-order valence-corrected chi connectivity index (χ0v) is 12.4. The van der Waals surface area contributed by atoms with Crippen LogP contribution >= 0.6 is 0 Å². The van der Waals surface area contributed by atoms with Crippen LogP contribution in [0.3, 0.4) is 0 Å². The van der Waals surface area contributed by atoms with E-state index in [9.17, 15) is 4.79 Å². The summed E-state index contributed by atoms with van der Waals surface area (Å²) < 4.78 is 5.51. The summed E-state index contributed by atoms with van der Waals surface area (Å²) in [6.07, 6.45) is 1.77. The second-order valence-electron chi connectivity index (χ2n) is 6.08. The fraction of sp³-hybridized carbons (Fsp3) is 0.222. The van der Waals surface area contributed by atoms with Crippen LogP contribution in [0.2, 0.25) is 0 Å². The van der Waals surface area contributed by atoms with E-state index in [2.05, 4.69) is 4.98 Å². The Labute approximate surface area is 123 Å². The van der Waals surface area contributed by atoms with Crippen LogP contribution in [-0.4, -0.2) is 16.6 Å². The first-order valence-corrected chi connectivity index (χ1v) is 6.95. The van der Waals surface area contributed by atoms with E-state index in [1.54, 1.807) is 12.3 Å². The molecule has 3 aromatic rings. The second-order valence-corrected chi connectivity index (χ2v) is 6.08. The first-order chi connectivity index (χ1) is 9.94. The summed E-state index contributed by atoms with van der Waals surface area (Å²) in [5.41, 5.74) is 1.00. The Morgan fingerprint density at radius 3 is 2.57 bits per heavy atom. The molecule has 3 rings (SSSR count). The van der Waals surface area contributed by atoms with Gasteiger partial charge in [-0.05, 0) is 55.8 Å². The van der Waals surface area contributed by atoms with E-state index in [1.165, 1.54) is 0 Å². The van der Waals surface area contributed by atoms with Crippen molar-refractivity contribution in [3.8, 4) is 0 Å². The van der Waals surface area contributed by atoms with Gasteiger partial charge in [0.05, 0.1) is 11.1 Å². The Hall–Kier alpha value is -2.42. The fourth-order valence-electron chi connectivity index (χ4n) is 2.35. The monoisotopic (exact) mass is 279 g/mol. The molecule has 0 bridgehead atoms. The van der Waals surface area contributed by atoms with Crippen molar-refractivity contribution in [1.82, 2.24) is 4.98 Å². The summed E-state index contributed by atoms with van der Waals surface area (Å²) in [6, 6.07) is 13.5. The Morgan fingerprint density at radius 2 is 1.81 bits per heavy atom. The van der Waals surface area contributed by atoms with Crippen molar-refractivity contribution < 1.29 is 9.53 Å². The summed E-state index contributed by atoms with van der Waals surface area (Å²) >= 11 is 0. The molecule has 0 spiro atoms. The number of rotatable bonds is 1. The van der Waals surface area contributed by atoms with Gasteiger partial charge in [0.15, 0.2) is 0 Å². The molecule has 0 saturated carbocycles. The Balaban J connectivity index is 2.24. The quantitative estimate of drug-likeness (QED) is 0.622. The van der Waals surface area contributed by atoms with Gasteiger partial charge in [-0.15, -0.1) is 0 Å². The van der Waals surface area contributed by atoms with Crippen molar-refractivity contribution in [1.29, 1.82) is 0 Å². The molecule has 21 heavy (non-hydrogen) atoms. The van der Waals surface area contributed by atoms with Gasteiger partial charge in [0, 0.05) is 11.6 Å². The molecule has 0 radical (unpaired) electrons. The number of carbonyl (C=O) groups is 1. The van der Waals surface area contributed by atoms with E-state index in [0.717, 1.165) is 21.7 Å². The van der Waals surface area contributed by atoms with E-state index < -0.39 is 5.60 Å². The number of ether oxygens (including phenoxy) is 1. The number of hydrogen-bond acceptors (Lipinski definition) is 3. The maximum atomic E-state index is 12.4. The summed E-state index contributed by atoms with van der Waals surface area (Å²) in [4.78, 5) is 16.8. The van der Waals surface area contributed by atoms with Gasteiger partial charge in [-0.25, -0.2) is 4.79 Å². The molecule has 1 heterocycles. The average molecular weight is 279 g/mol. The predicted molar refractivity (Wildman–Crippen MR) is 84.4 cm³/mol. The SMILES string of the molecule is CC(C)(C)OC(=O)c1ccccc2cc3nccc3cc12. The van der Waals surface area contributed by atoms with Crippen LogP contribution in [0, 0.1) is 0 Å². The molecule has 0 unspecified atom stereocenters. The van der Waals surface area contributed by atoms with Gasteiger partial charge in [0.2, 0.25) is 0 Å². The van der Waals surface area contributed by atoms with E-state index in [-0.39, 0.29) is 5.97 Å². The zero-order chi connectivity index (χ0) is 15.0. The second kappa shape index (κ2) is 4.85. The third-order valence-corrected chi connectivity index (χ3v) is 3.23. The van der Waals surface area contributed by atoms with Crippen molar-refractivity contribution in [2.24, 2.45) is 0 Å². The van der Waals surface area contributed by atoms with E-state index in [0.29, 0.717) is 5.56 Å². The Bertz CT molecular complexity index is 831.